The monoisotopic (exact) mass is 394 g/mol. The number of nitrogens with zero attached hydrogens (tertiary/aromatic N) is 2. The topological polar surface area (TPSA) is 56.5 Å². The number of aryl methyl sites for hydroxylation is 2. The molecule has 3 aromatic rings. The van der Waals surface area contributed by atoms with Crippen LogP contribution in [0.5, 0.6) is 5.75 Å². The average Bonchev–Trinajstić information content (AvgIpc) is 3.09. The number of aromatic nitrogens is 2. The minimum absolute atomic E-state index is 0.253. The summed E-state index contributed by atoms with van der Waals surface area (Å²) in [6, 6.07) is 12.3. The van der Waals surface area contributed by atoms with E-state index in [1.54, 1.807) is 0 Å². The third-order valence-electron chi connectivity index (χ3n) is 5.86. The second-order valence-corrected chi connectivity index (χ2v) is 8.13. The Kier molecular flexibility index (Phi) is 5.88. The molecule has 5 nitrogen and oxygen atoms in total. The van der Waals surface area contributed by atoms with Crippen molar-refractivity contribution < 1.29 is 14.6 Å². The van der Waals surface area contributed by atoms with Gasteiger partial charge in [-0.2, -0.15) is 0 Å². The lowest BCUT2D eigenvalue weighted by molar-refractivity contribution is 0.0779. The zero-order valence-electron chi connectivity index (χ0n) is 17.5. The molecule has 1 aliphatic heterocycles. The number of aliphatic hydroxyl groups is 1. The van der Waals surface area contributed by atoms with Crippen LogP contribution in [-0.4, -0.2) is 40.6 Å². The number of ether oxygens (including phenoxy) is 2. The number of rotatable bonds is 6. The molecule has 2 heterocycles. The molecule has 1 N–H and O–H groups in total. The summed E-state index contributed by atoms with van der Waals surface area (Å²) in [6.45, 7) is 8.47. The van der Waals surface area contributed by atoms with Crippen molar-refractivity contribution >= 4 is 11.0 Å². The molecular weight excluding hydrogens is 364 g/mol. The zero-order valence-corrected chi connectivity index (χ0v) is 17.5. The van der Waals surface area contributed by atoms with Crippen molar-refractivity contribution in [3.63, 3.8) is 0 Å². The van der Waals surface area contributed by atoms with E-state index >= 15 is 0 Å². The van der Waals surface area contributed by atoms with E-state index in [-0.39, 0.29) is 6.61 Å². The molecule has 1 saturated heterocycles. The van der Waals surface area contributed by atoms with E-state index in [0.717, 1.165) is 54.2 Å². The maximum absolute atomic E-state index is 10.8. The Morgan fingerprint density at radius 2 is 1.93 bits per heavy atom. The predicted molar refractivity (Wildman–Crippen MR) is 115 cm³/mol. The van der Waals surface area contributed by atoms with Crippen LogP contribution in [0.3, 0.4) is 0 Å². The van der Waals surface area contributed by atoms with Gasteiger partial charge in [0, 0.05) is 19.1 Å². The molecule has 0 amide bonds. The van der Waals surface area contributed by atoms with Gasteiger partial charge >= 0.3 is 0 Å². The summed E-state index contributed by atoms with van der Waals surface area (Å²) in [5, 5.41) is 10.8. The van der Waals surface area contributed by atoms with Crippen molar-refractivity contribution in [2.24, 2.45) is 0 Å². The Morgan fingerprint density at radius 3 is 2.72 bits per heavy atom. The van der Waals surface area contributed by atoms with E-state index in [4.69, 9.17) is 14.5 Å². The van der Waals surface area contributed by atoms with Gasteiger partial charge in [0.1, 0.15) is 24.3 Å². The van der Waals surface area contributed by atoms with E-state index in [0.29, 0.717) is 12.5 Å². The molecule has 29 heavy (non-hydrogen) atoms. The van der Waals surface area contributed by atoms with Crippen LogP contribution in [0.15, 0.2) is 36.4 Å². The summed E-state index contributed by atoms with van der Waals surface area (Å²) in [5.41, 5.74) is 5.54. The van der Waals surface area contributed by atoms with Crippen LogP contribution in [0, 0.1) is 20.8 Å². The zero-order chi connectivity index (χ0) is 20.4. The van der Waals surface area contributed by atoms with Gasteiger partial charge in [0.2, 0.25) is 0 Å². The Labute approximate surface area is 172 Å². The van der Waals surface area contributed by atoms with Crippen LogP contribution in [0.4, 0.5) is 0 Å². The number of fused-ring (bicyclic) bond motifs is 1. The second kappa shape index (κ2) is 8.56. The van der Waals surface area contributed by atoms with Gasteiger partial charge < -0.3 is 19.1 Å². The summed E-state index contributed by atoms with van der Waals surface area (Å²) in [6.07, 6.45) is 1.32. The van der Waals surface area contributed by atoms with E-state index in [9.17, 15) is 5.11 Å². The summed E-state index contributed by atoms with van der Waals surface area (Å²) in [5.74, 6) is 2.27. The number of benzene rings is 2. The molecule has 154 valence electrons. The molecule has 1 unspecified atom stereocenters. The number of aliphatic hydroxyl groups excluding tert-OH is 1. The molecule has 1 atom stereocenters. The van der Waals surface area contributed by atoms with Crippen molar-refractivity contribution in [3.05, 3.63) is 58.9 Å². The number of hydrogen-bond donors (Lipinski definition) is 1. The van der Waals surface area contributed by atoms with Crippen LogP contribution >= 0.6 is 0 Å². The maximum Gasteiger partial charge on any atom is 0.122 e. The first-order valence-electron chi connectivity index (χ1n) is 10.4. The third kappa shape index (κ3) is 4.31. The van der Waals surface area contributed by atoms with E-state index in [1.165, 1.54) is 11.1 Å². The molecule has 0 bridgehead atoms. The van der Waals surface area contributed by atoms with Gasteiger partial charge in [0.15, 0.2) is 0 Å². The van der Waals surface area contributed by atoms with Gasteiger partial charge in [-0.1, -0.05) is 18.2 Å². The molecule has 1 aromatic heterocycles. The fourth-order valence-corrected chi connectivity index (χ4v) is 4.15. The second-order valence-electron chi connectivity index (χ2n) is 8.13. The Morgan fingerprint density at radius 1 is 1.17 bits per heavy atom. The highest BCUT2D eigenvalue weighted by Crippen LogP contribution is 2.30. The lowest BCUT2D eigenvalue weighted by atomic mass is 9.99. The molecule has 5 heteroatoms. The van der Waals surface area contributed by atoms with Gasteiger partial charge in [-0.15, -0.1) is 0 Å². The van der Waals surface area contributed by atoms with Crippen molar-refractivity contribution in [2.75, 3.05) is 19.8 Å². The minimum atomic E-state index is -0.619. The van der Waals surface area contributed by atoms with Crippen LogP contribution in [0.1, 0.15) is 41.3 Å². The highest BCUT2D eigenvalue weighted by molar-refractivity contribution is 5.76. The van der Waals surface area contributed by atoms with Gasteiger partial charge in [0.05, 0.1) is 17.6 Å². The summed E-state index contributed by atoms with van der Waals surface area (Å²) in [4.78, 5) is 4.90. The maximum atomic E-state index is 10.8. The molecule has 0 saturated carbocycles. The van der Waals surface area contributed by atoms with Gasteiger partial charge in [-0.25, -0.2) is 4.98 Å². The Hall–Kier alpha value is -2.37. The standard InChI is InChI=1S/C24H30N2O3/c1-16-12-17(2)18(3)23(13-16)29-15-20(27)14-26-22-7-5-4-6-21(22)25-24(26)19-8-10-28-11-9-19/h4-7,12-13,19-20,27H,8-11,14-15H2,1-3H3. The van der Waals surface area contributed by atoms with Gasteiger partial charge in [-0.3, -0.25) is 0 Å². The molecule has 1 aliphatic rings. The van der Waals surface area contributed by atoms with Crippen LogP contribution in [0.2, 0.25) is 0 Å². The van der Waals surface area contributed by atoms with Gasteiger partial charge in [-0.05, 0) is 68.5 Å². The van der Waals surface area contributed by atoms with Crippen LogP contribution < -0.4 is 4.74 Å². The summed E-state index contributed by atoms with van der Waals surface area (Å²) in [7, 11) is 0. The normalized spacial score (nSPS) is 16.3. The lowest BCUT2D eigenvalue weighted by Gasteiger charge is -2.24. The summed E-state index contributed by atoms with van der Waals surface area (Å²) < 4.78 is 13.7. The molecular formula is C24H30N2O3. The number of imidazole rings is 1. The summed E-state index contributed by atoms with van der Waals surface area (Å²) >= 11 is 0. The van der Waals surface area contributed by atoms with Crippen molar-refractivity contribution in [3.8, 4) is 5.75 Å². The number of hydrogen-bond acceptors (Lipinski definition) is 4. The number of para-hydroxylation sites is 2. The van der Waals surface area contributed by atoms with Crippen molar-refractivity contribution in [1.29, 1.82) is 0 Å². The largest absolute Gasteiger partial charge is 0.491 e. The van der Waals surface area contributed by atoms with Crippen LogP contribution in [0.25, 0.3) is 11.0 Å². The predicted octanol–water partition coefficient (Wildman–Crippen LogP) is 4.30. The highest BCUT2D eigenvalue weighted by atomic mass is 16.5. The Balaban J connectivity index is 1.54. The van der Waals surface area contributed by atoms with E-state index in [1.807, 2.05) is 24.3 Å². The van der Waals surface area contributed by atoms with Gasteiger partial charge in [0.25, 0.3) is 0 Å². The molecule has 0 spiro atoms. The minimum Gasteiger partial charge on any atom is -0.491 e. The molecule has 0 aliphatic carbocycles. The highest BCUT2D eigenvalue weighted by Gasteiger charge is 2.24. The molecule has 0 radical (unpaired) electrons. The smallest absolute Gasteiger partial charge is 0.122 e. The Bertz CT molecular complexity index is 989. The van der Waals surface area contributed by atoms with Crippen molar-refractivity contribution in [2.45, 2.75) is 52.2 Å². The average molecular weight is 395 g/mol. The molecule has 4 rings (SSSR count). The SMILES string of the molecule is Cc1cc(C)c(C)c(OCC(O)Cn2c(C3CCOCC3)nc3ccccc32)c1. The van der Waals surface area contributed by atoms with Crippen LogP contribution in [-0.2, 0) is 11.3 Å². The lowest BCUT2D eigenvalue weighted by Crippen LogP contribution is -2.26. The van der Waals surface area contributed by atoms with E-state index in [2.05, 4.69) is 37.5 Å². The fourth-order valence-electron chi connectivity index (χ4n) is 4.15. The molecule has 2 aromatic carbocycles. The van der Waals surface area contributed by atoms with Crippen molar-refractivity contribution in [1.82, 2.24) is 9.55 Å². The van der Waals surface area contributed by atoms with E-state index < -0.39 is 6.10 Å². The third-order valence-corrected chi connectivity index (χ3v) is 5.86. The fraction of sp³-hybridized carbons (Fsp3) is 0.458. The first-order valence-corrected chi connectivity index (χ1v) is 10.4. The quantitative estimate of drug-likeness (QED) is 0.677. The molecule has 1 fully saturated rings. The first kappa shape index (κ1) is 19.9. The first-order chi connectivity index (χ1) is 14.0.